The molecule has 0 fully saturated rings. The molecule has 0 aliphatic rings. The highest BCUT2D eigenvalue weighted by atomic mass is 79.9. The molecule has 0 saturated carbocycles. The molecule has 0 saturated heterocycles. The minimum absolute atomic E-state index is 0.129. The van der Waals surface area contributed by atoms with Crippen LogP contribution in [-0.2, 0) is 4.79 Å². The fourth-order valence-corrected chi connectivity index (χ4v) is 2.50. The average Bonchev–Trinajstić information content (AvgIpc) is 2.54. The molecule has 0 aliphatic heterocycles. The van der Waals surface area contributed by atoms with E-state index < -0.39 is 0 Å². The van der Waals surface area contributed by atoms with E-state index in [1.54, 1.807) is 13.2 Å². The molecule has 1 N–H and O–H groups in total. The number of amides is 1. The smallest absolute Gasteiger partial charge is 0.277 e. The van der Waals surface area contributed by atoms with Crippen LogP contribution in [0.1, 0.15) is 5.56 Å². The predicted octanol–water partition coefficient (Wildman–Crippen LogP) is 3.75. The number of rotatable bonds is 6. The second-order valence-electron chi connectivity index (χ2n) is 4.40. The van der Waals surface area contributed by atoms with E-state index in [1.165, 1.54) is 6.21 Å². The minimum Gasteiger partial charge on any atom is -0.496 e. The summed E-state index contributed by atoms with van der Waals surface area (Å²) < 4.78 is 12.3. The third-order valence-electron chi connectivity index (χ3n) is 2.78. The average molecular weight is 442 g/mol. The first-order valence-corrected chi connectivity index (χ1v) is 8.21. The van der Waals surface area contributed by atoms with E-state index in [1.807, 2.05) is 36.4 Å². The molecular formula is C16H14Br2N2O3. The number of ether oxygens (including phenoxy) is 2. The van der Waals surface area contributed by atoms with Crippen molar-refractivity contribution in [3.05, 3.63) is 57.0 Å². The van der Waals surface area contributed by atoms with E-state index in [0.29, 0.717) is 11.5 Å². The molecule has 0 bridgehead atoms. The van der Waals surface area contributed by atoms with Gasteiger partial charge < -0.3 is 9.47 Å². The number of nitrogens with one attached hydrogen (secondary N) is 1. The van der Waals surface area contributed by atoms with Crippen molar-refractivity contribution in [2.75, 3.05) is 13.7 Å². The highest BCUT2D eigenvalue weighted by Crippen LogP contribution is 2.23. The van der Waals surface area contributed by atoms with Gasteiger partial charge in [-0.3, -0.25) is 4.79 Å². The highest BCUT2D eigenvalue weighted by Gasteiger charge is 2.05. The van der Waals surface area contributed by atoms with Crippen LogP contribution in [0.4, 0.5) is 0 Å². The number of methoxy groups -OCH3 is 1. The van der Waals surface area contributed by atoms with Crippen LogP contribution >= 0.6 is 31.9 Å². The van der Waals surface area contributed by atoms with E-state index in [9.17, 15) is 4.79 Å². The van der Waals surface area contributed by atoms with Crippen molar-refractivity contribution in [1.29, 1.82) is 0 Å². The minimum atomic E-state index is -0.356. The molecule has 5 nitrogen and oxygen atoms in total. The highest BCUT2D eigenvalue weighted by molar-refractivity contribution is 9.10. The summed E-state index contributed by atoms with van der Waals surface area (Å²) in [5.41, 5.74) is 3.16. The largest absolute Gasteiger partial charge is 0.496 e. The Hall–Kier alpha value is -1.86. The topological polar surface area (TPSA) is 59.9 Å². The molecule has 120 valence electrons. The van der Waals surface area contributed by atoms with Crippen molar-refractivity contribution in [2.45, 2.75) is 0 Å². The third-order valence-corrected chi connectivity index (χ3v) is 3.93. The van der Waals surface area contributed by atoms with E-state index >= 15 is 0 Å². The second-order valence-corrected chi connectivity index (χ2v) is 6.17. The molecule has 2 rings (SSSR count). The van der Waals surface area contributed by atoms with Crippen LogP contribution in [0, 0.1) is 0 Å². The van der Waals surface area contributed by atoms with Crippen molar-refractivity contribution in [2.24, 2.45) is 5.10 Å². The number of halogens is 2. The van der Waals surface area contributed by atoms with Gasteiger partial charge in [-0.1, -0.05) is 28.1 Å². The molecule has 2 aromatic carbocycles. The summed E-state index contributed by atoms with van der Waals surface area (Å²) in [4.78, 5) is 11.7. The lowest BCUT2D eigenvalue weighted by atomic mass is 10.2. The van der Waals surface area contributed by atoms with Gasteiger partial charge in [0.15, 0.2) is 6.61 Å². The lowest BCUT2D eigenvalue weighted by Crippen LogP contribution is -2.24. The molecule has 23 heavy (non-hydrogen) atoms. The normalized spacial score (nSPS) is 10.6. The predicted molar refractivity (Wildman–Crippen MR) is 96.1 cm³/mol. The van der Waals surface area contributed by atoms with Gasteiger partial charge in [0, 0.05) is 10.0 Å². The molecule has 0 spiro atoms. The van der Waals surface area contributed by atoms with Gasteiger partial charge >= 0.3 is 0 Å². The van der Waals surface area contributed by atoms with Crippen molar-refractivity contribution in [3.63, 3.8) is 0 Å². The maximum atomic E-state index is 11.7. The zero-order chi connectivity index (χ0) is 16.7. The van der Waals surface area contributed by atoms with Crippen molar-refractivity contribution >= 4 is 44.0 Å². The Morgan fingerprint density at radius 3 is 2.74 bits per heavy atom. The van der Waals surface area contributed by atoms with Crippen LogP contribution in [0.25, 0.3) is 0 Å². The maximum Gasteiger partial charge on any atom is 0.277 e. The first-order valence-electron chi connectivity index (χ1n) is 6.63. The van der Waals surface area contributed by atoms with Gasteiger partial charge in [-0.25, -0.2) is 5.43 Å². The molecule has 0 radical (unpaired) electrons. The van der Waals surface area contributed by atoms with Gasteiger partial charge in [0.2, 0.25) is 0 Å². The van der Waals surface area contributed by atoms with E-state index in [0.717, 1.165) is 14.5 Å². The molecule has 0 unspecified atom stereocenters. The number of carbonyl (C=O) groups is 1. The van der Waals surface area contributed by atoms with Gasteiger partial charge in [0.05, 0.1) is 17.8 Å². The Balaban J connectivity index is 1.89. The summed E-state index contributed by atoms with van der Waals surface area (Å²) in [6, 6.07) is 12.8. The Morgan fingerprint density at radius 2 is 2.00 bits per heavy atom. The molecule has 0 aliphatic carbocycles. The summed E-state index contributed by atoms with van der Waals surface area (Å²) >= 11 is 6.72. The Kier molecular flexibility index (Phi) is 6.61. The third kappa shape index (κ3) is 5.37. The lowest BCUT2D eigenvalue weighted by molar-refractivity contribution is -0.123. The van der Waals surface area contributed by atoms with Gasteiger partial charge in [0.1, 0.15) is 11.5 Å². The fraction of sp³-hybridized carbons (Fsp3) is 0.125. The fourth-order valence-electron chi connectivity index (χ4n) is 1.72. The number of hydrogen-bond donors (Lipinski definition) is 1. The molecular weight excluding hydrogens is 428 g/mol. The van der Waals surface area contributed by atoms with Crippen molar-refractivity contribution < 1.29 is 14.3 Å². The van der Waals surface area contributed by atoms with Crippen LogP contribution in [0.3, 0.4) is 0 Å². The van der Waals surface area contributed by atoms with Gasteiger partial charge in [-0.05, 0) is 46.3 Å². The number of hydrazone groups is 1. The molecule has 1 amide bonds. The summed E-state index contributed by atoms with van der Waals surface area (Å²) in [5, 5.41) is 3.91. The molecule has 7 heteroatoms. The lowest BCUT2D eigenvalue weighted by Gasteiger charge is -2.07. The number of hydrogen-bond acceptors (Lipinski definition) is 4. The molecule has 2 aromatic rings. The summed E-state index contributed by atoms with van der Waals surface area (Å²) in [5.74, 6) is 0.905. The van der Waals surface area contributed by atoms with Gasteiger partial charge in [-0.2, -0.15) is 5.10 Å². The van der Waals surface area contributed by atoms with Crippen molar-refractivity contribution in [3.8, 4) is 11.5 Å². The van der Waals surface area contributed by atoms with Crippen LogP contribution in [0.5, 0.6) is 11.5 Å². The Bertz CT molecular complexity index is 720. The monoisotopic (exact) mass is 440 g/mol. The first kappa shape index (κ1) is 17.5. The van der Waals surface area contributed by atoms with Crippen LogP contribution in [0.15, 0.2) is 56.5 Å². The zero-order valence-corrected chi connectivity index (χ0v) is 15.4. The number of carbonyl (C=O) groups excluding carboxylic acids is 1. The summed E-state index contributed by atoms with van der Waals surface area (Å²) in [6.07, 6.45) is 1.51. The number of benzene rings is 2. The van der Waals surface area contributed by atoms with E-state index in [-0.39, 0.29) is 12.5 Å². The van der Waals surface area contributed by atoms with Crippen LogP contribution in [-0.4, -0.2) is 25.8 Å². The van der Waals surface area contributed by atoms with Crippen LogP contribution in [0.2, 0.25) is 0 Å². The maximum absolute atomic E-state index is 11.7. The SMILES string of the molecule is COc1ccc(Br)cc1C=NNC(=O)COc1ccccc1Br. The van der Waals surface area contributed by atoms with Gasteiger partial charge in [-0.15, -0.1) is 0 Å². The standard InChI is InChI=1S/C16H14Br2N2O3/c1-22-14-7-6-12(17)8-11(14)9-19-20-16(21)10-23-15-5-3-2-4-13(15)18/h2-9H,10H2,1H3,(H,20,21). The van der Waals surface area contributed by atoms with E-state index in [2.05, 4.69) is 42.4 Å². The molecule has 0 aromatic heterocycles. The summed E-state index contributed by atoms with van der Waals surface area (Å²) in [7, 11) is 1.57. The molecule has 0 heterocycles. The zero-order valence-electron chi connectivity index (χ0n) is 12.3. The number of para-hydroxylation sites is 1. The Morgan fingerprint density at radius 1 is 1.22 bits per heavy atom. The summed E-state index contributed by atoms with van der Waals surface area (Å²) in [6.45, 7) is -0.129. The first-order chi connectivity index (χ1) is 11.1. The molecule has 0 atom stereocenters. The van der Waals surface area contributed by atoms with Crippen molar-refractivity contribution in [1.82, 2.24) is 5.43 Å². The quantitative estimate of drug-likeness (QED) is 0.548. The second kappa shape index (κ2) is 8.69. The van der Waals surface area contributed by atoms with Crippen LogP contribution < -0.4 is 14.9 Å². The van der Waals surface area contributed by atoms with E-state index in [4.69, 9.17) is 9.47 Å². The van der Waals surface area contributed by atoms with Gasteiger partial charge in [0.25, 0.3) is 5.91 Å². The Labute approximate surface area is 150 Å². The number of nitrogens with zero attached hydrogens (tertiary/aromatic N) is 1.